The van der Waals surface area contributed by atoms with Crippen LogP contribution >= 0.6 is 23.8 Å². The first kappa shape index (κ1) is 17.7. The molecule has 2 nitrogen and oxygen atoms in total. The Hall–Kier alpha value is -2.43. The first-order chi connectivity index (χ1) is 13.4. The van der Waals surface area contributed by atoms with Gasteiger partial charge in [0, 0.05) is 22.2 Å². The third-order valence-electron chi connectivity index (χ3n) is 5.71. The highest BCUT2D eigenvalue weighted by molar-refractivity contribution is 7.71. The summed E-state index contributed by atoms with van der Waals surface area (Å²) < 4.78 is 3.13. The maximum atomic E-state index is 6.06. The van der Waals surface area contributed by atoms with E-state index in [0.29, 0.717) is 0 Å². The van der Waals surface area contributed by atoms with Gasteiger partial charge in [-0.05, 0) is 62.4 Å². The third-order valence-corrected chi connectivity index (χ3v) is 7.67. The Bertz CT molecular complexity index is 1300. The topological polar surface area (TPSA) is 17.0 Å². The molecule has 0 saturated heterocycles. The van der Waals surface area contributed by atoms with E-state index >= 15 is 0 Å². The van der Waals surface area contributed by atoms with Crippen LogP contribution in [0.25, 0.3) is 27.6 Å². The van der Waals surface area contributed by atoms with E-state index in [1.54, 1.807) is 11.5 Å². The minimum absolute atomic E-state index is 0.169. The van der Waals surface area contributed by atoms with E-state index in [0.717, 1.165) is 10.3 Å². The molecule has 1 aliphatic rings. The van der Waals surface area contributed by atoms with Crippen LogP contribution in [-0.2, 0) is 5.54 Å². The van der Waals surface area contributed by atoms with Gasteiger partial charge in [-0.1, -0.05) is 60.1 Å². The number of hydrogen-bond donors (Lipinski definition) is 1. The molecular formula is C24H22N2S2. The van der Waals surface area contributed by atoms with Crippen LogP contribution in [-0.4, -0.2) is 3.96 Å². The molecule has 1 N–H and O–H groups in total. The Labute approximate surface area is 174 Å². The largest absolute Gasteiger partial charge is 0.375 e. The molecule has 3 aromatic carbocycles. The molecule has 1 aromatic heterocycles. The Morgan fingerprint density at radius 1 is 0.964 bits per heavy atom. The number of benzene rings is 3. The van der Waals surface area contributed by atoms with Gasteiger partial charge in [0.15, 0.2) is 0 Å². The quantitative estimate of drug-likeness (QED) is 0.335. The van der Waals surface area contributed by atoms with Gasteiger partial charge >= 0.3 is 0 Å². The fourth-order valence-electron chi connectivity index (χ4n) is 4.11. The fourth-order valence-corrected chi connectivity index (χ4v) is 5.78. The molecule has 0 atom stereocenters. The molecule has 4 aromatic rings. The number of aromatic nitrogens is 1. The van der Waals surface area contributed by atoms with Gasteiger partial charge in [-0.2, -0.15) is 0 Å². The fraction of sp³-hybridized carbons (Fsp3) is 0.208. The van der Waals surface area contributed by atoms with Crippen molar-refractivity contribution in [2.75, 3.05) is 5.32 Å². The summed E-state index contributed by atoms with van der Waals surface area (Å²) in [6, 6.07) is 19.5. The van der Waals surface area contributed by atoms with Crippen molar-refractivity contribution in [3.05, 3.63) is 75.2 Å². The van der Waals surface area contributed by atoms with Crippen molar-refractivity contribution in [3.8, 4) is 16.8 Å². The second-order valence-corrected chi connectivity index (χ2v) is 9.47. The smallest absolute Gasteiger partial charge is 0.129 e. The summed E-state index contributed by atoms with van der Waals surface area (Å²) in [4.78, 5) is 1.29. The van der Waals surface area contributed by atoms with E-state index in [9.17, 15) is 0 Å². The van der Waals surface area contributed by atoms with Crippen molar-refractivity contribution in [2.45, 2.75) is 33.2 Å². The van der Waals surface area contributed by atoms with Crippen molar-refractivity contribution in [2.24, 2.45) is 0 Å². The van der Waals surface area contributed by atoms with Crippen LogP contribution in [0.4, 0.5) is 5.69 Å². The zero-order valence-corrected chi connectivity index (χ0v) is 18.1. The number of nitrogens with zero attached hydrogens (tertiary/aromatic N) is 1. The van der Waals surface area contributed by atoms with Crippen molar-refractivity contribution >= 4 is 40.2 Å². The molecule has 5 rings (SSSR count). The Balaban J connectivity index is 1.85. The summed E-state index contributed by atoms with van der Waals surface area (Å²) in [6.07, 6.45) is 0. The summed E-state index contributed by atoms with van der Waals surface area (Å²) >= 11 is 7.82. The minimum Gasteiger partial charge on any atom is -0.375 e. The Morgan fingerprint density at radius 2 is 1.68 bits per heavy atom. The molecule has 0 bridgehead atoms. The van der Waals surface area contributed by atoms with Crippen LogP contribution in [0, 0.1) is 18.5 Å². The second kappa shape index (κ2) is 6.03. The summed E-state index contributed by atoms with van der Waals surface area (Å²) in [6.45, 7) is 8.81. The molecule has 0 aliphatic carbocycles. The van der Waals surface area contributed by atoms with Gasteiger partial charge in [-0.15, -0.1) is 0 Å². The molecule has 0 radical (unpaired) electrons. The number of hydrogen-bond acceptors (Lipinski definition) is 3. The van der Waals surface area contributed by atoms with Gasteiger partial charge < -0.3 is 5.32 Å². The first-order valence-corrected chi connectivity index (χ1v) is 10.7. The van der Waals surface area contributed by atoms with Gasteiger partial charge in [0.2, 0.25) is 0 Å². The molecule has 1 aliphatic heterocycles. The highest BCUT2D eigenvalue weighted by Crippen LogP contribution is 2.48. The van der Waals surface area contributed by atoms with Crippen molar-refractivity contribution in [3.63, 3.8) is 0 Å². The van der Waals surface area contributed by atoms with Crippen molar-refractivity contribution < 1.29 is 0 Å². The van der Waals surface area contributed by atoms with Crippen LogP contribution in [0.5, 0.6) is 0 Å². The highest BCUT2D eigenvalue weighted by Gasteiger charge is 2.35. The number of anilines is 1. The van der Waals surface area contributed by atoms with E-state index in [2.05, 4.69) is 91.6 Å². The number of aryl methyl sites for hydroxylation is 2. The van der Waals surface area contributed by atoms with Crippen molar-refractivity contribution in [1.29, 1.82) is 0 Å². The number of rotatable bonds is 1. The monoisotopic (exact) mass is 402 g/mol. The summed E-state index contributed by atoms with van der Waals surface area (Å²) in [5.74, 6) is 0. The molecule has 0 spiro atoms. The van der Waals surface area contributed by atoms with Crippen LogP contribution < -0.4 is 5.32 Å². The molecule has 0 amide bonds. The molecule has 140 valence electrons. The molecule has 0 fully saturated rings. The van der Waals surface area contributed by atoms with Gasteiger partial charge in [0.05, 0.1) is 16.1 Å². The molecule has 28 heavy (non-hydrogen) atoms. The average Bonchev–Trinajstić information content (AvgIpc) is 3.01. The van der Waals surface area contributed by atoms with Crippen LogP contribution in [0.3, 0.4) is 0 Å². The van der Waals surface area contributed by atoms with E-state index < -0.39 is 0 Å². The van der Waals surface area contributed by atoms with E-state index in [-0.39, 0.29) is 5.54 Å². The summed E-state index contributed by atoms with van der Waals surface area (Å²) in [5, 5.41) is 6.20. The maximum absolute atomic E-state index is 6.06. The van der Waals surface area contributed by atoms with E-state index in [1.165, 1.54) is 43.6 Å². The zero-order valence-electron chi connectivity index (χ0n) is 16.5. The molecular weight excluding hydrogens is 380 g/mol. The SMILES string of the molecule is Cc1cc2c(cc1C)-c1c(sn(-c3cccc4ccccc34)c1=S)C(C)(C)N2. The Morgan fingerprint density at radius 3 is 2.50 bits per heavy atom. The van der Waals surface area contributed by atoms with Crippen LogP contribution in [0.1, 0.15) is 29.9 Å². The molecule has 2 heterocycles. The molecule has 0 saturated carbocycles. The Kier molecular flexibility index (Phi) is 3.80. The molecule has 0 unspecified atom stereocenters. The lowest BCUT2D eigenvalue weighted by Gasteiger charge is -2.33. The zero-order chi connectivity index (χ0) is 19.6. The average molecular weight is 403 g/mol. The summed E-state index contributed by atoms with van der Waals surface area (Å²) in [5.41, 5.74) is 7.18. The van der Waals surface area contributed by atoms with E-state index in [1.807, 2.05) is 0 Å². The minimum atomic E-state index is -0.169. The lowest BCUT2D eigenvalue weighted by Crippen LogP contribution is -2.30. The standard InChI is InChI=1S/C24H22N2S2/c1-14-12-18-19(13-15(14)2)25-24(3,4)22-21(18)23(27)26(28-22)20-11-7-9-16-8-5-6-10-17(16)20/h5-13,25H,1-4H3. The number of fused-ring (bicyclic) bond motifs is 4. The second-order valence-electron chi connectivity index (χ2n) is 8.13. The van der Waals surface area contributed by atoms with Gasteiger partial charge in [-0.25, -0.2) is 0 Å². The maximum Gasteiger partial charge on any atom is 0.129 e. The normalized spacial score (nSPS) is 14.4. The predicted octanol–water partition coefficient (Wildman–Crippen LogP) is 7.37. The van der Waals surface area contributed by atoms with Gasteiger partial charge in [0.25, 0.3) is 0 Å². The molecule has 4 heteroatoms. The lowest BCUT2D eigenvalue weighted by molar-refractivity contribution is 0.619. The van der Waals surface area contributed by atoms with Gasteiger partial charge in [0.1, 0.15) is 4.64 Å². The predicted molar refractivity (Wildman–Crippen MR) is 124 cm³/mol. The van der Waals surface area contributed by atoms with Gasteiger partial charge in [-0.3, -0.25) is 3.96 Å². The summed E-state index contributed by atoms with van der Waals surface area (Å²) in [7, 11) is 0. The van der Waals surface area contributed by atoms with E-state index in [4.69, 9.17) is 12.2 Å². The highest BCUT2D eigenvalue weighted by atomic mass is 32.1. The lowest BCUT2D eigenvalue weighted by atomic mass is 9.88. The van der Waals surface area contributed by atoms with Crippen LogP contribution in [0.2, 0.25) is 0 Å². The first-order valence-electron chi connectivity index (χ1n) is 9.51. The van der Waals surface area contributed by atoms with Crippen molar-refractivity contribution in [1.82, 2.24) is 3.96 Å². The third kappa shape index (κ3) is 2.48. The number of nitrogens with one attached hydrogen (secondary N) is 1. The van der Waals surface area contributed by atoms with Crippen LogP contribution in [0.15, 0.2) is 54.6 Å².